The van der Waals surface area contributed by atoms with Gasteiger partial charge in [0, 0.05) is 36.1 Å². The molecule has 0 saturated carbocycles. The van der Waals surface area contributed by atoms with Crippen LogP contribution in [0.1, 0.15) is 25.5 Å². The van der Waals surface area contributed by atoms with Gasteiger partial charge in [0.2, 0.25) is 0 Å². The Morgan fingerprint density at radius 3 is 2.76 bits per heavy atom. The number of halogens is 2. The molecule has 0 atom stereocenters. The minimum Gasteiger partial charge on any atom is -0.395 e. The highest BCUT2D eigenvalue weighted by molar-refractivity contribution is 5.56. The number of rotatable bonds is 4. The molecule has 112 valence electrons. The van der Waals surface area contributed by atoms with Crippen molar-refractivity contribution in [2.24, 2.45) is 0 Å². The number of hydrogen-bond donors (Lipinski definition) is 1. The Balaban J connectivity index is 1.66. The number of alkyl halides is 2. The van der Waals surface area contributed by atoms with E-state index in [1.54, 1.807) is 12.3 Å². The van der Waals surface area contributed by atoms with Gasteiger partial charge >= 0.3 is 6.29 Å². The van der Waals surface area contributed by atoms with Crippen LogP contribution in [-0.2, 0) is 6.54 Å². The SMILES string of the molecule is CC(C)n1cc(CNc2ccc3c(c2)OC(F)(F)O3)cn1. The van der Waals surface area contributed by atoms with Gasteiger partial charge in [-0.05, 0) is 26.0 Å². The predicted octanol–water partition coefficient (Wildman–Crippen LogP) is 3.40. The first-order chi connectivity index (χ1) is 9.93. The third-order valence-corrected chi connectivity index (χ3v) is 3.08. The van der Waals surface area contributed by atoms with Gasteiger partial charge < -0.3 is 14.8 Å². The van der Waals surface area contributed by atoms with Crippen molar-refractivity contribution in [2.75, 3.05) is 5.32 Å². The van der Waals surface area contributed by atoms with Crippen molar-refractivity contribution in [3.63, 3.8) is 0 Å². The van der Waals surface area contributed by atoms with Crippen molar-refractivity contribution < 1.29 is 18.3 Å². The third kappa shape index (κ3) is 2.91. The molecule has 2 aromatic rings. The molecule has 3 rings (SSSR count). The van der Waals surface area contributed by atoms with Crippen molar-refractivity contribution in [3.05, 3.63) is 36.2 Å². The molecular formula is C14H15F2N3O2. The maximum Gasteiger partial charge on any atom is 0.586 e. The summed E-state index contributed by atoms with van der Waals surface area (Å²) < 4.78 is 36.5. The smallest absolute Gasteiger partial charge is 0.395 e. The number of aromatic nitrogens is 2. The molecule has 1 aliphatic heterocycles. The zero-order valence-electron chi connectivity index (χ0n) is 11.6. The Kier molecular flexibility index (Phi) is 3.19. The minimum atomic E-state index is -3.58. The van der Waals surface area contributed by atoms with E-state index in [0.29, 0.717) is 18.3 Å². The number of ether oxygens (including phenoxy) is 2. The fourth-order valence-electron chi connectivity index (χ4n) is 2.01. The van der Waals surface area contributed by atoms with Crippen LogP contribution in [0.15, 0.2) is 30.6 Å². The zero-order valence-corrected chi connectivity index (χ0v) is 11.6. The Labute approximate surface area is 120 Å². The van der Waals surface area contributed by atoms with Crippen molar-refractivity contribution >= 4 is 5.69 Å². The summed E-state index contributed by atoms with van der Waals surface area (Å²) in [5.41, 5.74) is 1.68. The van der Waals surface area contributed by atoms with Gasteiger partial charge in [-0.25, -0.2) is 0 Å². The van der Waals surface area contributed by atoms with Crippen LogP contribution in [0.4, 0.5) is 14.5 Å². The Morgan fingerprint density at radius 1 is 1.29 bits per heavy atom. The van der Waals surface area contributed by atoms with Crippen molar-refractivity contribution in [3.8, 4) is 11.5 Å². The summed E-state index contributed by atoms with van der Waals surface area (Å²) >= 11 is 0. The van der Waals surface area contributed by atoms with Crippen LogP contribution in [0.3, 0.4) is 0 Å². The first-order valence-corrected chi connectivity index (χ1v) is 6.60. The maximum absolute atomic E-state index is 12.9. The summed E-state index contributed by atoms with van der Waals surface area (Å²) in [6, 6.07) is 4.90. The molecule has 0 amide bonds. The van der Waals surface area contributed by atoms with Gasteiger partial charge in [0.25, 0.3) is 0 Å². The molecule has 7 heteroatoms. The van der Waals surface area contributed by atoms with Crippen molar-refractivity contribution in [1.29, 1.82) is 0 Å². The fourth-order valence-corrected chi connectivity index (χ4v) is 2.01. The van der Waals surface area contributed by atoms with E-state index < -0.39 is 6.29 Å². The number of nitrogens with one attached hydrogen (secondary N) is 1. The summed E-state index contributed by atoms with van der Waals surface area (Å²) in [5.74, 6) is 0.0704. The Hall–Kier alpha value is -2.31. The molecule has 1 aromatic carbocycles. The predicted molar refractivity (Wildman–Crippen MR) is 72.6 cm³/mol. The highest BCUT2D eigenvalue weighted by atomic mass is 19.3. The quantitative estimate of drug-likeness (QED) is 0.939. The Bertz CT molecular complexity index is 655. The monoisotopic (exact) mass is 295 g/mol. The van der Waals surface area contributed by atoms with Crippen LogP contribution in [-0.4, -0.2) is 16.1 Å². The van der Waals surface area contributed by atoms with Crippen LogP contribution in [0.2, 0.25) is 0 Å². The zero-order chi connectivity index (χ0) is 15.0. The van der Waals surface area contributed by atoms with E-state index in [0.717, 1.165) is 5.56 Å². The molecule has 0 aliphatic carbocycles. The van der Waals surface area contributed by atoms with Gasteiger partial charge in [0.05, 0.1) is 6.20 Å². The summed E-state index contributed by atoms with van der Waals surface area (Å²) in [6.07, 6.45) is 0.131. The third-order valence-electron chi connectivity index (χ3n) is 3.08. The average Bonchev–Trinajstić information content (AvgIpc) is 2.98. The van der Waals surface area contributed by atoms with Gasteiger partial charge in [-0.15, -0.1) is 8.78 Å². The summed E-state index contributed by atoms with van der Waals surface area (Å²) in [7, 11) is 0. The summed E-state index contributed by atoms with van der Waals surface area (Å²) in [6.45, 7) is 4.63. The first-order valence-electron chi connectivity index (χ1n) is 6.60. The first kappa shape index (κ1) is 13.7. The molecule has 0 radical (unpaired) electrons. The van der Waals surface area contributed by atoms with Crippen molar-refractivity contribution in [1.82, 2.24) is 9.78 Å². The molecule has 1 N–H and O–H groups in total. The maximum atomic E-state index is 12.9. The van der Waals surface area contributed by atoms with Gasteiger partial charge in [-0.2, -0.15) is 5.10 Å². The van der Waals surface area contributed by atoms with Crippen LogP contribution in [0.25, 0.3) is 0 Å². The molecule has 0 unspecified atom stereocenters. The lowest BCUT2D eigenvalue weighted by Crippen LogP contribution is -2.25. The Morgan fingerprint density at radius 2 is 2.05 bits per heavy atom. The normalized spacial score (nSPS) is 15.5. The van der Waals surface area contributed by atoms with Crippen LogP contribution >= 0.6 is 0 Å². The number of benzene rings is 1. The number of nitrogens with zero attached hydrogens (tertiary/aromatic N) is 2. The molecule has 0 bridgehead atoms. The second-order valence-corrected chi connectivity index (χ2v) is 5.10. The van der Waals surface area contributed by atoms with Crippen molar-refractivity contribution in [2.45, 2.75) is 32.7 Å². The average molecular weight is 295 g/mol. The van der Waals surface area contributed by atoms with Crippen LogP contribution in [0, 0.1) is 0 Å². The number of fused-ring (bicyclic) bond motifs is 1. The lowest BCUT2D eigenvalue weighted by Gasteiger charge is -2.06. The van der Waals surface area contributed by atoms with Gasteiger partial charge in [-0.1, -0.05) is 0 Å². The lowest BCUT2D eigenvalue weighted by molar-refractivity contribution is -0.286. The molecule has 1 aliphatic rings. The number of anilines is 1. The van der Waals surface area contributed by atoms with E-state index in [2.05, 4.69) is 19.9 Å². The molecule has 0 spiro atoms. The van der Waals surface area contributed by atoms with Gasteiger partial charge in [0.15, 0.2) is 11.5 Å². The second kappa shape index (κ2) is 4.91. The molecule has 21 heavy (non-hydrogen) atoms. The molecule has 0 fully saturated rings. The minimum absolute atomic E-state index is 0.0304. The topological polar surface area (TPSA) is 48.3 Å². The molecular weight excluding hydrogens is 280 g/mol. The van der Waals surface area contributed by atoms with E-state index in [4.69, 9.17) is 0 Å². The van der Waals surface area contributed by atoms with E-state index in [1.807, 2.05) is 24.7 Å². The van der Waals surface area contributed by atoms with Gasteiger partial charge in [-0.3, -0.25) is 4.68 Å². The molecule has 0 saturated heterocycles. The highest BCUT2D eigenvalue weighted by Gasteiger charge is 2.43. The van der Waals surface area contributed by atoms with E-state index in [9.17, 15) is 8.78 Å². The lowest BCUT2D eigenvalue weighted by atomic mass is 10.2. The standard InChI is InChI=1S/C14H15F2N3O2/c1-9(2)19-8-10(7-18-19)6-17-11-3-4-12-13(5-11)21-14(15,16)20-12/h3-5,7-9,17H,6H2,1-2H3. The van der Waals surface area contributed by atoms with Gasteiger partial charge in [0.1, 0.15) is 0 Å². The second-order valence-electron chi connectivity index (χ2n) is 5.10. The van der Waals surface area contributed by atoms with Crippen LogP contribution < -0.4 is 14.8 Å². The largest absolute Gasteiger partial charge is 0.586 e. The van der Waals surface area contributed by atoms with E-state index in [1.165, 1.54) is 12.1 Å². The molecule has 1 aromatic heterocycles. The highest BCUT2D eigenvalue weighted by Crippen LogP contribution is 2.42. The fraction of sp³-hybridized carbons (Fsp3) is 0.357. The van der Waals surface area contributed by atoms with E-state index >= 15 is 0 Å². The number of hydrogen-bond acceptors (Lipinski definition) is 4. The summed E-state index contributed by atoms with van der Waals surface area (Å²) in [4.78, 5) is 0. The molecule has 2 heterocycles. The van der Waals surface area contributed by atoms with E-state index in [-0.39, 0.29) is 11.5 Å². The van der Waals surface area contributed by atoms with Crippen LogP contribution in [0.5, 0.6) is 11.5 Å². The summed E-state index contributed by atoms with van der Waals surface area (Å²) in [5, 5.41) is 7.37. The molecule has 5 nitrogen and oxygen atoms in total.